The van der Waals surface area contributed by atoms with Gasteiger partial charge in [0.1, 0.15) is 6.61 Å². The Kier molecular flexibility index (Phi) is 6.71. The van der Waals surface area contributed by atoms with Crippen LogP contribution >= 0.6 is 0 Å². The van der Waals surface area contributed by atoms with E-state index in [1.165, 1.54) is 0 Å². The number of hydrogen-bond donors (Lipinski definition) is 1. The third-order valence-electron chi connectivity index (χ3n) is 4.49. The molecule has 2 aromatic rings. The van der Waals surface area contributed by atoms with E-state index in [1.54, 1.807) is 10.9 Å². The molecule has 1 heterocycles. The molecule has 1 fully saturated rings. The number of aromatic nitrogens is 2. The molecule has 0 unspecified atom stereocenters. The normalized spacial score (nSPS) is 18.9. The van der Waals surface area contributed by atoms with Crippen molar-refractivity contribution in [2.24, 2.45) is 0 Å². The maximum absolute atomic E-state index is 12.1. The number of carbonyl (C=O) groups excluding carboxylic acids is 1. The summed E-state index contributed by atoms with van der Waals surface area (Å²) in [5.74, 6) is -0.379. The molecule has 1 aliphatic carbocycles. The van der Waals surface area contributed by atoms with Crippen molar-refractivity contribution in [1.82, 2.24) is 15.1 Å². The predicted molar refractivity (Wildman–Crippen MR) is 99.1 cm³/mol. The van der Waals surface area contributed by atoms with Gasteiger partial charge in [0.15, 0.2) is 0 Å². The van der Waals surface area contributed by atoms with Gasteiger partial charge in [0.2, 0.25) is 5.91 Å². The summed E-state index contributed by atoms with van der Waals surface area (Å²) in [5, 5.41) is 6.96. The summed E-state index contributed by atoms with van der Waals surface area (Å²) in [6, 6.07) is 9.71. The summed E-state index contributed by atoms with van der Waals surface area (Å²) in [6.07, 6.45) is -0.797. The van der Waals surface area contributed by atoms with Crippen molar-refractivity contribution >= 4 is 5.91 Å². The molecule has 1 N–H and O–H groups in total. The lowest BCUT2D eigenvalue weighted by Gasteiger charge is -2.34. The lowest BCUT2D eigenvalue weighted by molar-refractivity contribution is -0.357. The first-order valence-corrected chi connectivity index (χ1v) is 9.21. The Morgan fingerprint density at radius 2 is 1.97 bits per heavy atom. The second-order valence-corrected chi connectivity index (χ2v) is 6.87. The minimum atomic E-state index is -4.64. The second kappa shape index (κ2) is 9.23. The minimum absolute atomic E-state index is 0.124. The van der Waals surface area contributed by atoms with Crippen LogP contribution in [0.2, 0.25) is 0 Å². The summed E-state index contributed by atoms with van der Waals surface area (Å²) in [5.41, 5.74) is 2.51. The first-order valence-electron chi connectivity index (χ1n) is 9.21. The topological polar surface area (TPSA) is 65.4 Å². The third-order valence-corrected chi connectivity index (χ3v) is 4.49. The van der Waals surface area contributed by atoms with Crippen molar-refractivity contribution in [3.8, 4) is 5.69 Å². The first-order chi connectivity index (χ1) is 13.8. The van der Waals surface area contributed by atoms with E-state index in [-0.39, 0.29) is 25.4 Å². The monoisotopic (exact) mass is 409 g/mol. The predicted octanol–water partition coefficient (Wildman–Crippen LogP) is 3.52. The highest BCUT2D eigenvalue weighted by atomic mass is 19.4. The number of ether oxygens (including phenoxy) is 2. The molecule has 6 nitrogen and oxygen atoms in total. The van der Waals surface area contributed by atoms with Crippen LogP contribution in [0.4, 0.5) is 13.2 Å². The Morgan fingerprint density at radius 1 is 1.24 bits per heavy atom. The lowest BCUT2D eigenvalue weighted by atomic mass is 9.92. The highest BCUT2D eigenvalue weighted by molar-refractivity contribution is 5.78. The molecule has 0 radical (unpaired) electrons. The molecule has 29 heavy (non-hydrogen) atoms. The summed E-state index contributed by atoms with van der Waals surface area (Å²) >= 11 is 0. The fourth-order valence-electron chi connectivity index (χ4n) is 2.93. The van der Waals surface area contributed by atoms with Gasteiger partial charge in [0.25, 0.3) is 0 Å². The molecule has 1 aromatic carbocycles. The number of nitrogens with one attached hydrogen (secondary N) is 1. The minimum Gasteiger partial charge on any atom is -0.368 e. The highest BCUT2D eigenvalue weighted by Gasteiger charge is 2.40. The molecule has 1 aromatic heterocycles. The van der Waals surface area contributed by atoms with Crippen LogP contribution in [-0.4, -0.2) is 40.9 Å². The Balaban J connectivity index is 1.32. The third kappa shape index (κ3) is 6.72. The summed E-state index contributed by atoms with van der Waals surface area (Å²) in [4.78, 5) is 11.9. The van der Waals surface area contributed by atoms with Crippen LogP contribution in [0.25, 0.3) is 5.69 Å². The van der Waals surface area contributed by atoms with Gasteiger partial charge in [-0.2, -0.15) is 5.10 Å². The molecule has 3 rings (SSSR count). The zero-order valence-electron chi connectivity index (χ0n) is 15.7. The number of hydrogen-bond acceptors (Lipinski definition) is 4. The Hall–Kier alpha value is -2.65. The Labute approximate surface area is 166 Å². The van der Waals surface area contributed by atoms with E-state index < -0.39 is 18.6 Å². The van der Waals surface area contributed by atoms with Crippen molar-refractivity contribution < 1.29 is 27.4 Å². The standard InChI is InChI=1S/C20H22F3N3O3/c1-14(7-8-15-11-24-26(12-15)16-5-3-2-4-6-16)25-19(27)13-28-17-9-18(10-17)29-20(21,22)23/h2-6,11-12,17-18H,1,7-10,13H2,(H,25,27)/t17-,18+. The molecular weight excluding hydrogens is 387 g/mol. The molecule has 156 valence electrons. The van der Waals surface area contributed by atoms with E-state index in [4.69, 9.17) is 4.74 Å². The Morgan fingerprint density at radius 3 is 2.66 bits per heavy atom. The number of nitrogens with zero attached hydrogens (tertiary/aromatic N) is 2. The van der Waals surface area contributed by atoms with Gasteiger partial charge < -0.3 is 10.1 Å². The highest BCUT2D eigenvalue weighted by Crippen LogP contribution is 2.31. The van der Waals surface area contributed by atoms with Crippen LogP contribution in [0, 0.1) is 0 Å². The van der Waals surface area contributed by atoms with E-state index >= 15 is 0 Å². The van der Waals surface area contributed by atoms with Gasteiger partial charge in [-0.05, 0) is 30.5 Å². The van der Waals surface area contributed by atoms with E-state index in [9.17, 15) is 18.0 Å². The number of carbonyl (C=O) groups is 1. The van der Waals surface area contributed by atoms with Gasteiger partial charge in [-0.15, -0.1) is 13.2 Å². The van der Waals surface area contributed by atoms with E-state index in [0.29, 0.717) is 18.5 Å². The number of rotatable bonds is 9. The average Bonchev–Trinajstić information content (AvgIpc) is 3.10. The van der Waals surface area contributed by atoms with Crippen molar-refractivity contribution in [2.75, 3.05) is 6.61 Å². The van der Waals surface area contributed by atoms with Gasteiger partial charge in [-0.3, -0.25) is 9.53 Å². The molecule has 0 spiro atoms. The summed E-state index contributed by atoms with van der Waals surface area (Å²) in [6.45, 7) is 3.60. The first kappa shape index (κ1) is 21.1. The van der Waals surface area contributed by atoms with Gasteiger partial charge in [0.05, 0.1) is 24.1 Å². The van der Waals surface area contributed by atoms with Crippen LogP contribution in [0.3, 0.4) is 0 Å². The lowest BCUT2D eigenvalue weighted by Crippen LogP contribution is -2.42. The number of aryl methyl sites for hydroxylation is 1. The number of benzene rings is 1. The Bertz CT molecular complexity index is 830. The van der Waals surface area contributed by atoms with Crippen LogP contribution in [0.1, 0.15) is 24.8 Å². The average molecular weight is 409 g/mol. The van der Waals surface area contributed by atoms with Crippen molar-refractivity contribution in [1.29, 1.82) is 0 Å². The van der Waals surface area contributed by atoms with Gasteiger partial charge in [0, 0.05) is 24.7 Å². The fraction of sp³-hybridized carbons (Fsp3) is 0.400. The number of allylic oxidation sites excluding steroid dienone is 1. The molecule has 1 aliphatic rings. The molecule has 0 saturated heterocycles. The molecule has 9 heteroatoms. The molecule has 1 saturated carbocycles. The quantitative estimate of drug-likeness (QED) is 0.688. The van der Waals surface area contributed by atoms with Crippen LogP contribution in [0.15, 0.2) is 55.0 Å². The SMILES string of the molecule is C=C(CCc1cnn(-c2ccccc2)c1)NC(=O)CO[C@H]1C[C@@H](OC(F)(F)F)C1. The molecule has 0 bridgehead atoms. The van der Waals surface area contributed by atoms with Crippen molar-refractivity contribution in [3.05, 3.63) is 60.6 Å². The van der Waals surface area contributed by atoms with E-state index in [0.717, 1.165) is 11.3 Å². The van der Waals surface area contributed by atoms with Gasteiger partial charge >= 0.3 is 6.36 Å². The van der Waals surface area contributed by atoms with Crippen LogP contribution in [-0.2, 0) is 20.7 Å². The van der Waals surface area contributed by atoms with Crippen LogP contribution < -0.4 is 5.32 Å². The van der Waals surface area contributed by atoms with Gasteiger partial charge in [-0.25, -0.2) is 4.68 Å². The number of alkyl halides is 3. The molecular formula is C20H22F3N3O3. The maximum atomic E-state index is 12.1. The fourth-order valence-corrected chi connectivity index (χ4v) is 2.93. The van der Waals surface area contributed by atoms with E-state index in [2.05, 4.69) is 21.7 Å². The molecule has 0 aliphatic heterocycles. The van der Waals surface area contributed by atoms with Gasteiger partial charge in [-0.1, -0.05) is 24.8 Å². The van der Waals surface area contributed by atoms with E-state index in [1.807, 2.05) is 36.5 Å². The van der Waals surface area contributed by atoms with Crippen molar-refractivity contribution in [3.63, 3.8) is 0 Å². The number of amides is 1. The summed E-state index contributed by atoms with van der Waals surface area (Å²) < 4.78 is 47.1. The maximum Gasteiger partial charge on any atom is 0.522 e. The number of para-hydroxylation sites is 1. The largest absolute Gasteiger partial charge is 0.522 e. The van der Waals surface area contributed by atoms with Crippen molar-refractivity contribution in [2.45, 2.75) is 44.3 Å². The molecule has 1 amide bonds. The smallest absolute Gasteiger partial charge is 0.368 e. The summed E-state index contributed by atoms with van der Waals surface area (Å²) in [7, 11) is 0. The zero-order valence-corrected chi connectivity index (χ0v) is 15.7. The zero-order chi connectivity index (χ0) is 20.9. The van der Waals surface area contributed by atoms with Crippen LogP contribution in [0.5, 0.6) is 0 Å². The second-order valence-electron chi connectivity index (χ2n) is 6.87. The number of halogens is 3. The molecule has 0 atom stereocenters.